The van der Waals surface area contributed by atoms with Gasteiger partial charge in [-0.3, -0.25) is 24.5 Å². The largest absolute Gasteiger partial charge is 0.346 e. The summed E-state index contributed by atoms with van der Waals surface area (Å²) >= 11 is 0.860. The lowest BCUT2D eigenvalue weighted by Crippen LogP contribution is -2.43. The van der Waals surface area contributed by atoms with Gasteiger partial charge in [0.25, 0.3) is 0 Å². The third-order valence-electron chi connectivity index (χ3n) is 3.77. The van der Waals surface area contributed by atoms with E-state index in [2.05, 4.69) is 28.2 Å². The van der Waals surface area contributed by atoms with Crippen molar-refractivity contribution in [2.45, 2.75) is 26.2 Å². The summed E-state index contributed by atoms with van der Waals surface area (Å²) < 4.78 is 5.21. The van der Waals surface area contributed by atoms with E-state index < -0.39 is 17.7 Å². The number of rotatable bonds is 15. The first-order valence-corrected chi connectivity index (χ1v) is 10.8. The molecule has 4 N–H and O–H groups in total. The van der Waals surface area contributed by atoms with Crippen LogP contribution in [0.4, 0.5) is 0 Å². The predicted octanol–water partition coefficient (Wildman–Crippen LogP) is 0.620. The number of thioether (sulfide) groups is 1. The molecule has 30 heavy (non-hydrogen) atoms. The normalized spacial score (nSPS) is 10.3. The van der Waals surface area contributed by atoms with E-state index in [1.807, 2.05) is 0 Å². The Morgan fingerprint density at radius 3 is 2.23 bits per heavy atom. The molecule has 1 aromatic carbocycles. The minimum absolute atomic E-state index is 0.0406. The van der Waals surface area contributed by atoms with Crippen LogP contribution < -0.4 is 21.3 Å². The number of benzene rings is 1. The second-order valence-corrected chi connectivity index (χ2v) is 7.24. The molecule has 9 nitrogen and oxygen atoms in total. The molecule has 0 spiro atoms. The van der Waals surface area contributed by atoms with E-state index in [0.29, 0.717) is 12.3 Å². The van der Waals surface area contributed by atoms with Crippen molar-refractivity contribution in [3.05, 3.63) is 35.9 Å². The third-order valence-corrected chi connectivity index (χ3v) is 4.67. The Balaban J connectivity index is 2.03. The maximum Gasteiger partial charge on any atom is 0.241 e. The Labute approximate surface area is 181 Å². The lowest BCUT2D eigenvalue weighted by atomic mass is 10.2. The molecule has 0 saturated carbocycles. The lowest BCUT2D eigenvalue weighted by Gasteiger charge is -2.09. The standard InChI is InChI=1S/C20H30N4O5S/c1-2-3-7-10-21-14-29-15-24-18(26)12-22-17(25)11-23-19(27)13-30-20(28)16-8-5-4-6-9-16/h4-6,8-9,21H,2-3,7,10-15H2,1H3,(H,22,25)(H,23,27)(H,24,26). The van der Waals surface area contributed by atoms with E-state index in [-0.39, 0.29) is 30.7 Å². The number of carbonyl (C=O) groups is 4. The van der Waals surface area contributed by atoms with Crippen molar-refractivity contribution in [1.29, 1.82) is 0 Å². The highest BCUT2D eigenvalue weighted by atomic mass is 32.2. The number of unbranched alkanes of at least 4 members (excludes halogenated alkanes) is 2. The zero-order valence-electron chi connectivity index (χ0n) is 17.2. The van der Waals surface area contributed by atoms with Crippen LogP contribution in [0.3, 0.4) is 0 Å². The van der Waals surface area contributed by atoms with Gasteiger partial charge in [0.15, 0.2) is 0 Å². The summed E-state index contributed by atoms with van der Waals surface area (Å²) in [6.07, 6.45) is 3.40. The van der Waals surface area contributed by atoms with Crippen LogP contribution in [0, 0.1) is 0 Å². The number of nitrogens with one attached hydrogen (secondary N) is 4. The lowest BCUT2D eigenvalue weighted by molar-refractivity contribution is -0.127. The van der Waals surface area contributed by atoms with Crippen LogP contribution in [-0.4, -0.2) is 61.7 Å². The van der Waals surface area contributed by atoms with Gasteiger partial charge < -0.3 is 20.7 Å². The Kier molecular flexibility index (Phi) is 14.0. The zero-order chi connectivity index (χ0) is 22.0. The van der Waals surface area contributed by atoms with Crippen LogP contribution in [0.15, 0.2) is 30.3 Å². The minimum Gasteiger partial charge on any atom is -0.346 e. The second kappa shape index (κ2) is 16.4. The Morgan fingerprint density at radius 1 is 0.867 bits per heavy atom. The molecule has 166 valence electrons. The second-order valence-electron chi connectivity index (χ2n) is 6.30. The van der Waals surface area contributed by atoms with Gasteiger partial charge >= 0.3 is 0 Å². The zero-order valence-corrected chi connectivity index (χ0v) is 18.0. The topological polar surface area (TPSA) is 126 Å². The molecule has 1 aromatic rings. The number of hydrogen-bond acceptors (Lipinski definition) is 7. The summed E-state index contributed by atoms with van der Waals surface area (Å²) in [6, 6.07) is 8.62. The van der Waals surface area contributed by atoms with Crippen molar-refractivity contribution >= 4 is 34.6 Å². The van der Waals surface area contributed by atoms with Gasteiger partial charge in [-0.15, -0.1) is 0 Å². The molecular formula is C20H30N4O5S. The van der Waals surface area contributed by atoms with Gasteiger partial charge in [0.05, 0.1) is 25.6 Å². The third kappa shape index (κ3) is 12.9. The van der Waals surface area contributed by atoms with Crippen molar-refractivity contribution < 1.29 is 23.9 Å². The predicted molar refractivity (Wildman–Crippen MR) is 116 cm³/mol. The SMILES string of the molecule is CCCCCNCOCNC(=O)CNC(=O)CNC(=O)CSC(=O)c1ccccc1. The molecule has 0 aromatic heterocycles. The van der Waals surface area contributed by atoms with E-state index in [1.54, 1.807) is 30.3 Å². The van der Waals surface area contributed by atoms with Crippen molar-refractivity contribution in [1.82, 2.24) is 21.3 Å². The average Bonchev–Trinajstić information content (AvgIpc) is 2.76. The van der Waals surface area contributed by atoms with E-state index in [4.69, 9.17) is 4.74 Å². The van der Waals surface area contributed by atoms with Crippen LogP contribution >= 0.6 is 11.8 Å². The molecule has 0 unspecified atom stereocenters. The Hall–Kier alpha value is -2.43. The van der Waals surface area contributed by atoms with Crippen LogP contribution in [0.25, 0.3) is 0 Å². The van der Waals surface area contributed by atoms with Gasteiger partial charge in [-0.1, -0.05) is 61.9 Å². The fourth-order valence-corrected chi connectivity index (χ4v) is 2.82. The molecule has 0 atom stereocenters. The molecule has 0 radical (unpaired) electrons. The number of hydrogen-bond donors (Lipinski definition) is 4. The fourth-order valence-electron chi connectivity index (χ4n) is 2.15. The molecule has 0 saturated heterocycles. The molecule has 0 aliphatic carbocycles. The van der Waals surface area contributed by atoms with E-state index >= 15 is 0 Å². The highest BCUT2D eigenvalue weighted by molar-refractivity contribution is 8.14. The van der Waals surface area contributed by atoms with Crippen LogP contribution in [0.2, 0.25) is 0 Å². The average molecular weight is 439 g/mol. The quantitative estimate of drug-likeness (QED) is 0.234. The van der Waals surface area contributed by atoms with Gasteiger partial charge in [0.1, 0.15) is 6.73 Å². The highest BCUT2D eigenvalue weighted by Gasteiger charge is 2.11. The van der Waals surface area contributed by atoms with Gasteiger partial charge in [-0.05, 0) is 13.0 Å². The van der Waals surface area contributed by atoms with E-state index in [9.17, 15) is 19.2 Å². The molecule has 3 amide bonds. The molecule has 10 heteroatoms. The van der Waals surface area contributed by atoms with Gasteiger partial charge in [0, 0.05) is 5.56 Å². The van der Waals surface area contributed by atoms with E-state index in [0.717, 1.165) is 37.6 Å². The minimum atomic E-state index is -0.503. The summed E-state index contributed by atoms with van der Waals surface area (Å²) in [5.74, 6) is -1.43. The smallest absolute Gasteiger partial charge is 0.241 e. The number of amides is 3. The van der Waals surface area contributed by atoms with Crippen molar-refractivity contribution in [3.63, 3.8) is 0 Å². The molecule has 0 bridgehead atoms. The first kappa shape index (κ1) is 25.6. The molecule has 1 rings (SSSR count). The summed E-state index contributed by atoms with van der Waals surface area (Å²) in [5, 5.41) is 10.2. The van der Waals surface area contributed by atoms with Gasteiger partial charge in [-0.2, -0.15) is 0 Å². The van der Waals surface area contributed by atoms with E-state index in [1.165, 1.54) is 0 Å². The summed E-state index contributed by atoms with van der Waals surface area (Å²) in [6.45, 7) is 2.88. The summed E-state index contributed by atoms with van der Waals surface area (Å²) in [4.78, 5) is 46.9. The van der Waals surface area contributed by atoms with Crippen molar-refractivity contribution in [3.8, 4) is 0 Å². The van der Waals surface area contributed by atoms with Crippen molar-refractivity contribution in [2.24, 2.45) is 0 Å². The first-order chi connectivity index (χ1) is 14.5. The fraction of sp³-hybridized carbons (Fsp3) is 0.500. The number of carbonyl (C=O) groups excluding carboxylic acids is 4. The Bertz CT molecular complexity index is 672. The van der Waals surface area contributed by atoms with Gasteiger partial charge in [-0.25, -0.2) is 0 Å². The van der Waals surface area contributed by atoms with Gasteiger partial charge in [0.2, 0.25) is 22.8 Å². The monoisotopic (exact) mass is 438 g/mol. The van der Waals surface area contributed by atoms with Crippen LogP contribution in [0.5, 0.6) is 0 Å². The maximum atomic E-state index is 11.9. The van der Waals surface area contributed by atoms with Crippen molar-refractivity contribution in [2.75, 3.05) is 38.8 Å². The molecule has 0 aliphatic rings. The summed E-state index contributed by atoms with van der Waals surface area (Å²) in [7, 11) is 0. The summed E-state index contributed by atoms with van der Waals surface area (Å²) in [5.41, 5.74) is 0.510. The molecule has 0 aliphatic heterocycles. The molecule has 0 fully saturated rings. The molecule has 0 heterocycles. The van der Waals surface area contributed by atoms with Crippen LogP contribution in [0.1, 0.15) is 36.5 Å². The Morgan fingerprint density at radius 2 is 1.53 bits per heavy atom. The first-order valence-electron chi connectivity index (χ1n) is 9.83. The number of ether oxygens (including phenoxy) is 1. The molecular weight excluding hydrogens is 408 g/mol. The maximum absolute atomic E-state index is 11.9. The highest BCUT2D eigenvalue weighted by Crippen LogP contribution is 2.11. The van der Waals surface area contributed by atoms with Crippen LogP contribution in [-0.2, 0) is 19.1 Å².